The molecule has 0 saturated heterocycles. The van der Waals surface area contributed by atoms with Crippen LogP contribution in [0, 0.1) is 0 Å². The number of methoxy groups -OCH3 is 1. The minimum Gasteiger partial charge on any atom is -0.495 e. The SMILES string of the molecule is CCCc1cn(-c2c(Br)cccc2OC)c(=O)n1Cc1ccc(-c2cccnc2-c2nnn[nH]2)cc1. The standard InChI is InChI=1S/C26H24BrN7O2/c1-3-6-19-16-34(24-21(27)8-4-9-22(24)36-2)26(35)33(19)15-17-10-12-18(13-11-17)20-7-5-14-28-23(20)25-29-31-32-30-25/h4-5,7-14,16H,3,6,15H2,1-2H3,(H,29,30,31,32). The summed E-state index contributed by atoms with van der Waals surface area (Å²) < 4.78 is 9.82. The molecule has 0 radical (unpaired) electrons. The van der Waals surface area contributed by atoms with Gasteiger partial charge < -0.3 is 4.74 Å². The van der Waals surface area contributed by atoms with E-state index in [2.05, 4.69) is 48.5 Å². The molecule has 0 aliphatic rings. The zero-order chi connectivity index (χ0) is 25.1. The molecule has 0 aliphatic heterocycles. The third kappa shape index (κ3) is 4.47. The number of para-hydroxylation sites is 1. The van der Waals surface area contributed by atoms with Gasteiger partial charge in [-0.3, -0.25) is 14.1 Å². The Bertz CT molecular complexity index is 1540. The summed E-state index contributed by atoms with van der Waals surface area (Å²) >= 11 is 3.58. The Hall–Kier alpha value is -4.05. The highest BCUT2D eigenvalue weighted by Gasteiger charge is 2.18. The number of H-pyrrole nitrogens is 1. The molecule has 182 valence electrons. The minimum atomic E-state index is -0.111. The summed E-state index contributed by atoms with van der Waals surface area (Å²) in [6, 6.07) is 17.6. The molecule has 36 heavy (non-hydrogen) atoms. The molecule has 5 aromatic rings. The highest BCUT2D eigenvalue weighted by Crippen LogP contribution is 2.31. The first-order valence-electron chi connectivity index (χ1n) is 11.5. The first-order valence-corrected chi connectivity index (χ1v) is 12.3. The third-order valence-electron chi connectivity index (χ3n) is 5.96. The third-order valence-corrected chi connectivity index (χ3v) is 6.60. The Kier molecular flexibility index (Phi) is 6.77. The summed E-state index contributed by atoms with van der Waals surface area (Å²) in [7, 11) is 1.61. The number of hydrogen-bond donors (Lipinski definition) is 1. The molecule has 0 aliphatic carbocycles. The second-order valence-electron chi connectivity index (χ2n) is 8.25. The van der Waals surface area contributed by atoms with E-state index in [0.29, 0.717) is 29.5 Å². The van der Waals surface area contributed by atoms with Crippen LogP contribution in [0.15, 0.2) is 76.3 Å². The highest BCUT2D eigenvalue weighted by molar-refractivity contribution is 9.10. The van der Waals surface area contributed by atoms with Crippen LogP contribution in [0.1, 0.15) is 24.6 Å². The van der Waals surface area contributed by atoms with E-state index in [4.69, 9.17) is 4.74 Å². The molecular weight excluding hydrogens is 522 g/mol. The average molecular weight is 546 g/mol. The van der Waals surface area contributed by atoms with Crippen molar-refractivity contribution in [2.75, 3.05) is 7.11 Å². The molecule has 0 spiro atoms. The Morgan fingerprint density at radius 3 is 2.64 bits per heavy atom. The van der Waals surface area contributed by atoms with Gasteiger partial charge in [0.15, 0.2) is 5.82 Å². The van der Waals surface area contributed by atoms with E-state index < -0.39 is 0 Å². The summed E-state index contributed by atoms with van der Waals surface area (Å²) in [6.45, 7) is 2.57. The molecule has 0 amide bonds. The number of tetrazole rings is 1. The Morgan fingerprint density at radius 1 is 1.08 bits per heavy atom. The van der Waals surface area contributed by atoms with Crippen LogP contribution in [0.5, 0.6) is 5.75 Å². The first-order chi connectivity index (χ1) is 17.6. The predicted molar refractivity (Wildman–Crippen MR) is 140 cm³/mol. The normalized spacial score (nSPS) is 11.1. The summed E-state index contributed by atoms with van der Waals surface area (Å²) in [5, 5.41) is 14.1. The fourth-order valence-electron chi connectivity index (χ4n) is 4.26. The van der Waals surface area contributed by atoms with Crippen LogP contribution in [-0.4, -0.2) is 41.9 Å². The van der Waals surface area contributed by atoms with Crippen LogP contribution in [0.3, 0.4) is 0 Å². The summed E-state index contributed by atoms with van der Waals surface area (Å²) in [5.41, 5.74) is 5.14. The van der Waals surface area contributed by atoms with Crippen LogP contribution in [0.4, 0.5) is 0 Å². The molecule has 0 atom stereocenters. The summed E-state index contributed by atoms with van der Waals surface area (Å²) in [5.74, 6) is 1.14. The van der Waals surface area contributed by atoms with E-state index in [1.165, 1.54) is 0 Å². The number of hydrogen-bond acceptors (Lipinski definition) is 6. The van der Waals surface area contributed by atoms with Crippen LogP contribution in [0.2, 0.25) is 0 Å². The number of nitrogens with zero attached hydrogens (tertiary/aromatic N) is 6. The lowest BCUT2D eigenvalue weighted by Crippen LogP contribution is -2.25. The van der Waals surface area contributed by atoms with Gasteiger partial charge in [-0.1, -0.05) is 49.7 Å². The van der Waals surface area contributed by atoms with Crippen LogP contribution >= 0.6 is 15.9 Å². The van der Waals surface area contributed by atoms with Crippen molar-refractivity contribution in [3.05, 3.63) is 93.2 Å². The maximum absolute atomic E-state index is 13.6. The second kappa shape index (κ2) is 10.3. The number of pyridine rings is 1. The van der Waals surface area contributed by atoms with Crippen molar-refractivity contribution in [2.24, 2.45) is 0 Å². The number of halogens is 1. The molecule has 9 nitrogen and oxygen atoms in total. The number of ether oxygens (including phenoxy) is 1. The van der Waals surface area contributed by atoms with Gasteiger partial charge in [0.1, 0.15) is 17.1 Å². The fraction of sp³-hybridized carbons (Fsp3) is 0.192. The van der Waals surface area contributed by atoms with Gasteiger partial charge in [-0.05, 0) is 62.1 Å². The number of imidazole rings is 1. The van der Waals surface area contributed by atoms with E-state index in [1.54, 1.807) is 17.9 Å². The van der Waals surface area contributed by atoms with E-state index in [0.717, 1.165) is 39.7 Å². The van der Waals surface area contributed by atoms with Crippen molar-refractivity contribution >= 4 is 15.9 Å². The fourth-order valence-corrected chi connectivity index (χ4v) is 4.80. The number of aromatic nitrogens is 7. The maximum atomic E-state index is 13.6. The molecule has 0 bridgehead atoms. The van der Waals surface area contributed by atoms with Crippen molar-refractivity contribution in [1.82, 2.24) is 34.7 Å². The van der Waals surface area contributed by atoms with Crippen molar-refractivity contribution in [1.29, 1.82) is 0 Å². The van der Waals surface area contributed by atoms with E-state index in [9.17, 15) is 4.79 Å². The number of aryl methyl sites for hydroxylation is 1. The first kappa shape index (κ1) is 23.7. The molecule has 2 aromatic carbocycles. The lowest BCUT2D eigenvalue weighted by molar-refractivity contribution is 0.412. The Morgan fingerprint density at radius 2 is 1.92 bits per heavy atom. The molecule has 1 N–H and O–H groups in total. The molecule has 3 heterocycles. The molecule has 0 saturated carbocycles. The van der Waals surface area contributed by atoms with Crippen LogP contribution in [0.25, 0.3) is 28.3 Å². The van der Waals surface area contributed by atoms with Crippen molar-refractivity contribution in [2.45, 2.75) is 26.3 Å². The van der Waals surface area contributed by atoms with Gasteiger partial charge in [-0.25, -0.2) is 9.89 Å². The highest BCUT2D eigenvalue weighted by atomic mass is 79.9. The topological polar surface area (TPSA) is 104 Å². The van der Waals surface area contributed by atoms with Gasteiger partial charge in [-0.2, -0.15) is 0 Å². The summed E-state index contributed by atoms with van der Waals surface area (Å²) in [4.78, 5) is 18.0. The van der Waals surface area contributed by atoms with Crippen molar-refractivity contribution in [3.63, 3.8) is 0 Å². The van der Waals surface area contributed by atoms with Gasteiger partial charge in [-0.15, -0.1) is 5.10 Å². The average Bonchev–Trinajstić information content (AvgIpc) is 3.54. The maximum Gasteiger partial charge on any atom is 0.333 e. The number of benzene rings is 2. The smallest absolute Gasteiger partial charge is 0.333 e. The molecular formula is C26H24BrN7O2. The molecule has 10 heteroatoms. The lowest BCUT2D eigenvalue weighted by atomic mass is 10.0. The predicted octanol–water partition coefficient (Wildman–Crippen LogP) is 4.65. The molecule has 3 aromatic heterocycles. The zero-order valence-electron chi connectivity index (χ0n) is 19.8. The van der Waals surface area contributed by atoms with E-state index in [-0.39, 0.29) is 5.69 Å². The van der Waals surface area contributed by atoms with E-state index >= 15 is 0 Å². The number of aromatic amines is 1. The monoisotopic (exact) mass is 545 g/mol. The van der Waals surface area contributed by atoms with Crippen LogP contribution in [-0.2, 0) is 13.0 Å². The van der Waals surface area contributed by atoms with Gasteiger partial charge in [0, 0.05) is 28.1 Å². The molecule has 5 rings (SSSR count). The molecule has 0 fully saturated rings. The largest absolute Gasteiger partial charge is 0.495 e. The Labute approximate surface area is 215 Å². The lowest BCUT2D eigenvalue weighted by Gasteiger charge is -2.11. The summed E-state index contributed by atoms with van der Waals surface area (Å²) in [6.07, 6.45) is 5.34. The van der Waals surface area contributed by atoms with Gasteiger partial charge >= 0.3 is 5.69 Å². The Balaban J connectivity index is 1.50. The zero-order valence-corrected chi connectivity index (χ0v) is 21.4. The van der Waals surface area contributed by atoms with Crippen molar-refractivity contribution in [3.8, 4) is 34.1 Å². The second-order valence-corrected chi connectivity index (χ2v) is 9.10. The van der Waals surface area contributed by atoms with Gasteiger partial charge in [0.2, 0.25) is 0 Å². The van der Waals surface area contributed by atoms with Crippen molar-refractivity contribution < 1.29 is 4.74 Å². The number of rotatable bonds is 8. The van der Waals surface area contributed by atoms with E-state index in [1.807, 2.05) is 65.4 Å². The molecule has 0 unspecified atom stereocenters. The van der Waals surface area contributed by atoms with Gasteiger partial charge in [0.05, 0.1) is 13.7 Å². The number of nitrogens with one attached hydrogen (secondary N) is 1. The quantitative estimate of drug-likeness (QED) is 0.304. The minimum absolute atomic E-state index is 0.111. The van der Waals surface area contributed by atoms with Crippen LogP contribution < -0.4 is 10.4 Å². The van der Waals surface area contributed by atoms with Gasteiger partial charge in [0.25, 0.3) is 0 Å².